The molecule has 0 unspecified atom stereocenters. The van der Waals surface area contributed by atoms with Crippen LogP contribution in [-0.2, 0) is 0 Å². The van der Waals surface area contributed by atoms with Gasteiger partial charge in [0.15, 0.2) is 5.69 Å². The number of nitrogens with zero attached hydrogens (tertiary/aromatic N) is 3. The molecule has 138 valence electrons. The fourth-order valence-corrected chi connectivity index (χ4v) is 2.55. The van der Waals surface area contributed by atoms with Crippen molar-refractivity contribution in [3.05, 3.63) is 72.1 Å². The van der Waals surface area contributed by atoms with Crippen LogP contribution in [0.3, 0.4) is 0 Å². The molecule has 0 fully saturated rings. The maximum Gasteiger partial charge on any atom is 0.276 e. The Balaban J connectivity index is 1.84. The van der Waals surface area contributed by atoms with Crippen LogP contribution in [0, 0.1) is 0 Å². The average Bonchev–Trinajstić information content (AvgIpc) is 3.18. The van der Waals surface area contributed by atoms with Gasteiger partial charge in [0.1, 0.15) is 5.75 Å². The van der Waals surface area contributed by atoms with E-state index >= 15 is 0 Å². The molecule has 0 radical (unpaired) electrons. The van der Waals surface area contributed by atoms with Gasteiger partial charge in [-0.1, -0.05) is 18.2 Å². The Morgan fingerprint density at radius 3 is 2.48 bits per heavy atom. The fraction of sp³-hybridized carbons (Fsp3) is 0.150. The highest BCUT2D eigenvalue weighted by atomic mass is 16.5. The van der Waals surface area contributed by atoms with E-state index in [0.717, 1.165) is 5.69 Å². The van der Waals surface area contributed by atoms with Gasteiger partial charge in [0.05, 0.1) is 18.5 Å². The van der Waals surface area contributed by atoms with E-state index in [1.54, 1.807) is 49.2 Å². The van der Waals surface area contributed by atoms with Crippen molar-refractivity contribution in [2.45, 2.75) is 0 Å². The topological polar surface area (TPSA) is 76.5 Å². The molecule has 3 aromatic rings. The van der Waals surface area contributed by atoms with Crippen molar-refractivity contribution in [1.29, 1.82) is 0 Å². The molecular formula is C20H20N4O3. The molecule has 0 aliphatic heterocycles. The number of benzene rings is 2. The zero-order valence-corrected chi connectivity index (χ0v) is 15.3. The fourth-order valence-electron chi connectivity index (χ4n) is 2.55. The zero-order valence-electron chi connectivity index (χ0n) is 15.3. The highest BCUT2D eigenvalue weighted by Crippen LogP contribution is 2.26. The van der Waals surface area contributed by atoms with E-state index in [1.807, 2.05) is 30.3 Å². The molecule has 0 bridgehead atoms. The number of para-hydroxylation sites is 1. The lowest BCUT2D eigenvalue weighted by Gasteiger charge is -2.14. The maximum absolute atomic E-state index is 12.6. The first-order valence-electron chi connectivity index (χ1n) is 8.31. The molecule has 3 rings (SSSR count). The minimum absolute atomic E-state index is 0.165. The lowest BCUT2D eigenvalue weighted by atomic mass is 10.1. The smallest absolute Gasteiger partial charge is 0.276 e. The van der Waals surface area contributed by atoms with Crippen molar-refractivity contribution >= 4 is 17.5 Å². The van der Waals surface area contributed by atoms with E-state index in [2.05, 4.69) is 10.4 Å². The molecule has 1 N–H and O–H groups in total. The van der Waals surface area contributed by atoms with Crippen LogP contribution < -0.4 is 10.1 Å². The highest BCUT2D eigenvalue weighted by molar-refractivity contribution is 6.04. The number of methoxy groups -OCH3 is 1. The van der Waals surface area contributed by atoms with Crippen LogP contribution in [0.25, 0.3) is 5.69 Å². The van der Waals surface area contributed by atoms with E-state index in [0.29, 0.717) is 17.0 Å². The molecule has 0 spiro atoms. The second kappa shape index (κ2) is 7.74. The number of anilines is 1. The number of carbonyl (C=O) groups excluding carboxylic acids is 2. The second-order valence-corrected chi connectivity index (χ2v) is 6.05. The largest absolute Gasteiger partial charge is 0.495 e. The van der Waals surface area contributed by atoms with Crippen LogP contribution in [-0.4, -0.2) is 47.7 Å². The molecule has 2 aromatic carbocycles. The number of hydrogen-bond donors (Lipinski definition) is 1. The van der Waals surface area contributed by atoms with Crippen molar-refractivity contribution in [1.82, 2.24) is 14.7 Å². The molecule has 0 aliphatic rings. The molecule has 0 aliphatic carbocycles. The Kier molecular flexibility index (Phi) is 5.21. The van der Waals surface area contributed by atoms with Crippen molar-refractivity contribution in [2.24, 2.45) is 0 Å². The molecule has 0 saturated carbocycles. The van der Waals surface area contributed by atoms with Crippen molar-refractivity contribution < 1.29 is 14.3 Å². The van der Waals surface area contributed by atoms with Crippen molar-refractivity contribution in [3.8, 4) is 11.4 Å². The Bertz CT molecular complexity index is 964. The molecule has 2 amide bonds. The lowest BCUT2D eigenvalue weighted by molar-refractivity contribution is 0.0827. The van der Waals surface area contributed by atoms with E-state index in [1.165, 1.54) is 12.0 Å². The number of carbonyl (C=O) groups is 2. The van der Waals surface area contributed by atoms with Crippen molar-refractivity contribution in [2.75, 3.05) is 26.5 Å². The first-order chi connectivity index (χ1) is 13.0. The van der Waals surface area contributed by atoms with E-state index < -0.39 is 5.91 Å². The molecule has 0 atom stereocenters. The van der Waals surface area contributed by atoms with Crippen LogP contribution in [0.5, 0.6) is 5.75 Å². The van der Waals surface area contributed by atoms with Gasteiger partial charge in [0.2, 0.25) is 0 Å². The summed E-state index contributed by atoms with van der Waals surface area (Å²) in [5, 5.41) is 7.07. The van der Waals surface area contributed by atoms with Gasteiger partial charge in [-0.05, 0) is 36.4 Å². The Labute approximate surface area is 157 Å². The molecule has 0 saturated heterocycles. The summed E-state index contributed by atoms with van der Waals surface area (Å²) in [4.78, 5) is 26.2. The number of aromatic nitrogens is 2. The zero-order chi connectivity index (χ0) is 19.4. The second-order valence-electron chi connectivity index (χ2n) is 6.05. The van der Waals surface area contributed by atoms with Gasteiger partial charge in [0.25, 0.3) is 11.8 Å². The minimum Gasteiger partial charge on any atom is -0.495 e. The molecule has 1 heterocycles. The average molecular weight is 364 g/mol. The lowest BCUT2D eigenvalue weighted by Crippen LogP contribution is -2.22. The number of rotatable bonds is 5. The first-order valence-corrected chi connectivity index (χ1v) is 8.31. The van der Waals surface area contributed by atoms with Crippen LogP contribution >= 0.6 is 0 Å². The molecule has 1 aromatic heterocycles. The summed E-state index contributed by atoms with van der Waals surface area (Å²) in [6, 6.07) is 16.0. The summed E-state index contributed by atoms with van der Waals surface area (Å²) in [5.41, 5.74) is 1.97. The summed E-state index contributed by atoms with van der Waals surface area (Å²) in [7, 11) is 4.84. The number of nitrogens with one attached hydrogen (secondary N) is 1. The first kappa shape index (κ1) is 18.2. The third-order valence-corrected chi connectivity index (χ3v) is 3.94. The summed E-state index contributed by atoms with van der Waals surface area (Å²) in [6.45, 7) is 0. The Morgan fingerprint density at radius 2 is 1.81 bits per heavy atom. The van der Waals surface area contributed by atoms with Crippen LogP contribution in [0.2, 0.25) is 0 Å². The maximum atomic E-state index is 12.6. The van der Waals surface area contributed by atoms with Gasteiger partial charge >= 0.3 is 0 Å². The Hall–Kier alpha value is -3.61. The van der Waals surface area contributed by atoms with Crippen LogP contribution in [0.1, 0.15) is 20.8 Å². The normalized spacial score (nSPS) is 10.3. The van der Waals surface area contributed by atoms with Crippen molar-refractivity contribution in [3.63, 3.8) is 0 Å². The summed E-state index contributed by atoms with van der Waals surface area (Å²) in [6.07, 6.45) is 1.72. The van der Waals surface area contributed by atoms with Crippen LogP contribution in [0.4, 0.5) is 5.69 Å². The third kappa shape index (κ3) is 3.98. The molecule has 27 heavy (non-hydrogen) atoms. The van der Waals surface area contributed by atoms with Gasteiger partial charge in [0, 0.05) is 25.9 Å². The van der Waals surface area contributed by atoms with Gasteiger partial charge in [-0.25, -0.2) is 4.68 Å². The highest BCUT2D eigenvalue weighted by Gasteiger charge is 2.16. The van der Waals surface area contributed by atoms with Gasteiger partial charge < -0.3 is 15.0 Å². The summed E-state index contributed by atoms with van der Waals surface area (Å²) < 4.78 is 6.91. The quantitative estimate of drug-likeness (QED) is 0.755. The predicted octanol–water partition coefficient (Wildman–Crippen LogP) is 2.84. The SMILES string of the molecule is COc1ccc(C(=O)N(C)C)cc1NC(=O)c1ccn(-c2ccccc2)n1. The predicted molar refractivity (Wildman–Crippen MR) is 103 cm³/mol. The molecule has 7 heteroatoms. The molecule has 7 nitrogen and oxygen atoms in total. The van der Waals surface area contributed by atoms with Gasteiger partial charge in [-0.15, -0.1) is 0 Å². The van der Waals surface area contributed by atoms with Gasteiger partial charge in [-0.2, -0.15) is 5.10 Å². The standard InChI is InChI=1S/C20H20N4O3/c1-23(2)20(26)14-9-10-18(27-3)17(13-14)21-19(25)16-11-12-24(22-16)15-7-5-4-6-8-15/h4-13H,1-3H3,(H,21,25). The van der Waals surface area contributed by atoms with Gasteiger partial charge in [-0.3, -0.25) is 9.59 Å². The Morgan fingerprint density at radius 1 is 1.07 bits per heavy atom. The monoisotopic (exact) mass is 364 g/mol. The van der Waals surface area contributed by atoms with E-state index in [-0.39, 0.29) is 11.6 Å². The number of hydrogen-bond acceptors (Lipinski definition) is 4. The van der Waals surface area contributed by atoms with E-state index in [4.69, 9.17) is 4.74 Å². The summed E-state index contributed by atoms with van der Waals surface area (Å²) >= 11 is 0. The van der Waals surface area contributed by atoms with E-state index in [9.17, 15) is 9.59 Å². The number of amides is 2. The minimum atomic E-state index is -0.391. The molecular weight excluding hydrogens is 344 g/mol. The van der Waals surface area contributed by atoms with Crippen LogP contribution in [0.15, 0.2) is 60.8 Å². The summed E-state index contributed by atoms with van der Waals surface area (Å²) in [5.74, 6) is -0.0971. The number of ether oxygens (including phenoxy) is 1. The third-order valence-electron chi connectivity index (χ3n) is 3.94.